The van der Waals surface area contributed by atoms with Gasteiger partial charge in [0.15, 0.2) is 0 Å². The summed E-state index contributed by atoms with van der Waals surface area (Å²) in [5, 5.41) is 9.46. The minimum Gasteiger partial charge on any atom is -0.394 e. The standard InChI is InChI=1S/C15H18F3NO2/c16-15(17,18)13-8-11(9-20)5-6-14(13)19-7-3-1-2-4-12(19)10-21/h5-6,8-9,12,21H,1-4,7,10H2. The molecule has 116 valence electrons. The summed E-state index contributed by atoms with van der Waals surface area (Å²) in [6.07, 6.45) is -0.811. The quantitative estimate of drug-likeness (QED) is 0.871. The summed E-state index contributed by atoms with van der Waals surface area (Å²) in [5.41, 5.74) is -0.761. The average Bonchev–Trinajstić information content (AvgIpc) is 2.70. The van der Waals surface area contributed by atoms with Gasteiger partial charge in [-0.3, -0.25) is 4.79 Å². The number of benzene rings is 1. The van der Waals surface area contributed by atoms with Crippen molar-refractivity contribution in [3.05, 3.63) is 29.3 Å². The van der Waals surface area contributed by atoms with E-state index in [-0.39, 0.29) is 23.9 Å². The largest absolute Gasteiger partial charge is 0.418 e. The van der Waals surface area contributed by atoms with Crippen LogP contribution in [-0.2, 0) is 6.18 Å². The normalized spacial score (nSPS) is 20.2. The number of alkyl halides is 3. The van der Waals surface area contributed by atoms with E-state index in [0.717, 1.165) is 25.3 Å². The molecule has 1 aromatic rings. The van der Waals surface area contributed by atoms with Crippen molar-refractivity contribution in [1.82, 2.24) is 0 Å². The van der Waals surface area contributed by atoms with Crippen molar-refractivity contribution < 1.29 is 23.1 Å². The molecule has 1 N–H and O–H groups in total. The van der Waals surface area contributed by atoms with Gasteiger partial charge >= 0.3 is 6.18 Å². The van der Waals surface area contributed by atoms with E-state index in [1.165, 1.54) is 12.1 Å². The lowest BCUT2D eigenvalue weighted by Gasteiger charge is -2.33. The molecule has 21 heavy (non-hydrogen) atoms. The number of hydrogen-bond acceptors (Lipinski definition) is 3. The number of aliphatic hydroxyl groups excluding tert-OH is 1. The Morgan fingerprint density at radius 3 is 2.67 bits per heavy atom. The van der Waals surface area contributed by atoms with Crippen LogP contribution in [0.3, 0.4) is 0 Å². The van der Waals surface area contributed by atoms with Crippen LogP contribution in [0.4, 0.5) is 18.9 Å². The van der Waals surface area contributed by atoms with Crippen molar-refractivity contribution in [2.24, 2.45) is 0 Å². The highest BCUT2D eigenvalue weighted by Crippen LogP contribution is 2.38. The zero-order valence-corrected chi connectivity index (χ0v) is 11.6. The summed E-state index contributed by atoms with van der Waals surface area (Å²) in [6, 6.07) is 3.29. The van der Waals surface area contributed by atoms with Gasteiger partial charge in [-0.2, -0.15) is 13.2 Å². The van der Waals surface area contributed by atoms with E-state index in [1.807, 2.05) is 0 Å². The summed E-state index contributed by atoms with van der Waals surface area (Å²) in [5.74, 6) is 0. The Bertz CT molecular complexity index is 502. The maximum atomic E-state index is 13.2. The van der Waals surface area contributed by atoms with Gasteiger partial charge in [0.1, 0.15) is 6.29 Å². The first-order chi connectivity index (χ1) is 9.97. The molecule has 6 heteroatoms. The minimum atomic E-state index is -4.53. The molecule has 0 spiro atoms. The number of halogens is 3. The van der Waals surface area contributed by atoms with Crippen molar-refractivity contribution in [2.45, 2.75) is 37.9 Å². The van der Waals surface area contributed by atoms with Gasteiger partial charge in [0.05, 0.1) is 18.2 Å². The first kappa shape index (κ1) is 15.8. The van der Waals surface area contributed by atoms with E-state index in [0.29, 0.717) is 19.3 Å². The second kappa shape index (κ2) is 6.47. The Morgan fingerprint density at radius 1 is 1.29 bits per heavy atom. The number of rotatable bonds is 3. The fourth-order valence-electron chi connectivity index (χ4n) is 2.79. The number of nitrogens with zero attached hydrogens (tertiary/aromatic N) is 1. The van der Waals surface area contributed by atoms with Crippen molar-refractivity contribution in [3.63, 3.8) is 0 Å². The van der Waals surface area contributed by atoms with Gasteiger partial charge in [-0.1, -0.05) is 12.8 Å². The van der Waals surface area contributed by atoms with E-state index in [4.69, 9.17) is 0 Å². The first-order valence-electron chi connectivity index (χ1n) is 7.01. The van der Waals surface area contributed by atoms with Gasteiger partial charge in [-0.05, 0) is 31.0 Å². The van der Waals surface area contributed by atoms with Crippen LogP contribution >= 0.6 is 0 Å². The Balaban J connectivity index is 2.47. The zero-order valence-electron chi connectivity index (χ0n) is 11.6. The number of carbonyl (C=O) groups is 1. The molecule has 1 atom stereocenters. The molecule has 0 saturated carbocycles. The van der Waals surface area contributed by atoms with Gasteiger partial charge in [-0.25, -0.2) is 0 Å². The van der Waals surface area contributed by atoms with E-state index >= 15 is 0 Å². The highest BCUT2D eigenvalue weighted by atomic mass is 19.4. The third-order valence-corrected chi connectivity index (χ3v) is 3.86. The number of aldehydes is 1. The molecule has 0 aliphatic carbocycles. The molecule has 0 aromatic heterocycles. The molecule has 1 unspecified atom stereocenters. The summed E-state index contributed by atoms with van der Waals surface area (Å²) in [4.78, 5) is 12.4. The molecular weight excluding hydrogens is 283 g/mol. The van der Waals surface area contributed by atoms with Crippen molar-refractivity contribution in [1.29, 1.82) is 0 Å². The fourth-order valence-corrected chi connectivity index (χ4v) is 2.79. The molecule has 1 fully saturated rings. The highest BCUT2D eigenvalue weighted by Gasteiger charge is 2.36. The predicted octanol–water partition coefficient (Wildman–Crippen LogP) is 3.26. The number of aliphatic hydroxyl groups is 1. The van der Waals surface area contributed by atoms with Crippen LogP contribution in [0.2, 0.25) is 0 Å². The zero-order chi connectivity index (χ0) is 15.5. The summed E-state index contributed by atoms with van der Waals surface area (Å²) in [6.45, 7) is 0.307. The molecular formula is C15H18F3NO2. The van der Waals surface area contributed by atoms with Gasteiger partial charge in [0.25, 0.3) is 0 Å². The lowest BCUT2D eigenvalue weighted by molar-refractivity contribution is -0.137. The molecule has 1 saturated heterocycles. The predicted molar refractivity (Wildman–Crippen MR) is 73.5 cm³/mol. The second-order valence-corrected chi connectivity index (χ2v) is 5.27. The van der Waals surface area contributed by atoms with Gasteiger partial charge in [0.2, 0.25) is 0 Å². The smallest absolute Gasteiger partial charge is 0.394 e. The van der Waals surface area contributed by atoms with Crippen LogP contribution in [0.1, 0.15) is 41.6 Å². The van der Waals surface area contributed by atoms with E-state index in [9.17, 15) is 23.1 Å². The summed E-state index contributed by atoms with van der Waals surface area (Å²) < 4.78 is 39.7. The molecule has 1 aliphatic rings. The maximum absolute atomic E-state index is 13.2. The molecule has 1 aliphatic heterocycles. The molecule has 1 aromatic carbocycles. The third-order valence-electron chi connectivity index (χ3n) is 3.86. The monoisotopic (exact) mass is 301 g/mol. The maximum Gasteiger partial charge on any atom is 0.418 e. The van der Waals surface area contributed by atoms with E-state index < -0.39 is 11.7 Å². The Kier molecular flexibility index (Phi) is 4.88. The molecule has 1 heterocycles. The van der Waals surface area contributed by atoms with Crippen LogP contribution in [0, 0.1) is 0 Å². The topological polar surface area (TPSA) is 40.5 Å². The van der Waals surface area contributed by atoms with Gasteiger partial charge < -0.3 is 10.0 Å². The molecule has 0 radical (unpaired) electrons. The third kappa shape index (κ3) is 3.56. The molecule has 0 bridgehead atoms. The number of hydrogen-bond donors (Lipinski definition) is 1. The van der Waals surface area contributed by atoms with Crippen LogP contribution in [0.25, 0.3) is 0 Å². The Labute approximate surface area is 121 Å². The lowest BCUT2D eigenvalue weighted by atomic mass is 10.0. The fraction of sp³-hybridized carbons (Fsp3) is 0.533. The van der Waals surface area contributed by atoms with Crippen molar-refractivity contribution >= 4 is 12.0 Å². The lowest BCUT2D eigenvalue weighted by Crippen LogP contribution is -2.38. The average molecular weight is 301 g/mol. The van der Waals surface area contributed by atoms with Crippen LogP contribution in [0.5, 0.6) is 0 Å². The van der Waals surface area contributed by atoms with E-state index in [2.05, 4.69) is 0 Å². The highest BCUT2D eigenvalue weighted by molar-refractivity contribution is 5.77. The van der Waals surface area contributed by atoms with Crippen LogP contribution in [-0.4, -0.2) is 30.6 Å². The molecule has 2 rings (SSSR count). The Morgan fingerprint density at radius 2 is 2.05 bits per heavy atom. The van der Waals surface area contributed by atoms with Crippen LogP contribution in [0.15, 0.2) is 18.2 Å². The number of carbonyl (C=O) groups excluding carboxylic acids is 1. The molecule has 0 amide bonds. The molecule has 3 nitrogen and oxygen atoms in total. The Hall–Kier alpha value is -1.56. The van der Waals surface area contributed by atoms with Crippen molar-refractivity contribution in [2.75, 3.05) is 18.1 Å². The SMILES string of the molecule is O=Cc1ccc(N2CCCCCC2CO)c(C(F)(F)F)c1. The number of anilines is 1. The first-order valence-corrected chi connectivity index (χ1v) is 7.01. The summed E-state index contributed by atoms with van der Waals surface area (Å²) in [7, 11) is 0. The summed E-state index contributed by atoms with van der Waals surface area (Å²) >= 11 is 0. The minimum absolute atomic E-state index is 0.00134. The van der Waals surface area contributed by atoms with E-state index in [1.54, 1.807) is 4.90 Å². The van der Waals surface area contributed by atoms with Crippen LogP contribution < -0.4 is 4.90 Å². The van der Waals surface area contributed by atoms with Gasteiger partial charge in [0, 0.05) is 17.8 Å². The second-order valence-electron chi connectivity index (χ2n) is 5.27. The van der Waals surface area contributed by atoms with Gasteiger partial charge in [-0.15, -0.1) is 0 Å². The van der Waals surface area contributed by atoms with Crippen molar-refractivity contribution in [3.8, 4) is 0 Å².